The fraction of sp³-hybridized carbons (Fsp3) is 0.667. The number of rotatable bonds is 7. The van der Waals surface area contributed by atoms with Crippen LogP contribution in [-0.4, -0.2) is 16.9 Å². The molecule has 0 bridgehead atoms. The Balaban J connectivity index is 2.51. The molecule has 0 aliphatic carbocycles. The van der Waals surface area contributed by atoms with E-state index in [1.165, 1.54) is 11.3 Å². The summed E-state index contributed by atoms with van der Waals surface area (Å²) in [5.74, 6) is -0.104. The highest BCUT2D eigenvalue weighted by Crippen LogP contribution is 2.12. The van der Waals surface area contributed by atoms with Crippen LogP contribution in [0, 0.1) is 0 Å². The monoisotopic (exact) mass is 255 g/mol. The third-order valence-electron chi connectivity index (χ3n) is 2.63. The van der Waals surface area contributed by atoms with Gasteiger partial charge in [0.05, 0.1) is 0 Å². The summed E-state index contributed by atoms with van der Waals surface area (Å²) in [6.45, 7) is 4.29. The van der Waals surface area contributed by atoms with Crippen molar-refractivity contribution in [3.05, 3.63) is 11.1 Å². The van der Waals surface area contributed by atoms with Crippen LogP contribution in [0.3, 0.4) is 0 Å². The first kappa shape index (κ1) is 14.0. The van der Waals surface area contributed by atoms with Crippen molar-refractivity contribution in [2.75, 3.05) is 5.73 Å². The number of hydrogen-bond acceptors (Lipinski definition) is 4. The van der Waals surface area contributed by atoms with E-state index >= 15 is 0 Å². The Bertz CT molecular complexity index is 351. The van der Waals surface area contributed by atoms with Crippen molar-refractivity contribution in [1.82, 2.24) is 10.3 Å². The molecule has 0 saturated carbocycles. The number of aromatic nitrogens is 1. The van der Waals surface area contributed by atoms with Gasteiger partial charge in [-0.1, -0.05) is 33.1 Å². The Labute approximate surface area is 107 Å². The summed E-state index contributed by atoms with van der Waals surface area (Å²) < 4.78 is 0. The van der Waals surface area contributed by atoms with E-state index in [9.17, 15) is 4.79 Å². The second kappa shape index (κ2) is 7.27. The van der Waals surface area contributed by atoms with Crippen molar-refractivity contribution >= 4 is 22.4 Å². The number of nitrogen functional groups attached to an aromatic ring is 1. The van der Waals surface area contributed by atoms with Gasteiger partial charge in [0.1, 0.15) is 5.69 Å². The molecule has 0 aliphatic heterocycles. The van der Waals surface area contributed by atoms with Crippen molar-refractivity contribution in [3.8, 4) is 0 Å². The Hall–Kier alpha value is -1.10. The van der Waals surface area contributed by atoms with Gasteiger partial charge < -0.3 is 11.1 Å². The normalized spacial score (nSPS) is 12.4. The lowest BCUT2D eigenvalue weighted by atomic mass is 10.1. The van der Waals surface area contributed by atoms with Crippen molar-refractivity contribution in [2.24, 2.45) is 0 Å². The molecule has 0 aliphatic rings. The number of thiazole rings is 1. The van der Waals surface area contributed by atoms with E-state index in [-0.39, 0.29) is 11.9 Å². The summed E-state index contributed by atoms with van der Waals surface area (Å²) in [5, 5.41) is 5.17. The van der Waals surface area contributed by atoms with Gasteiger partial charge in [-0.25, -0.2) is 4.98 Å². The van der Waals surface area contributed by atoms with Crippen LogP contribution in [0.5, 0.6) is 0 Å². The van der Waals surface area contributed by atoms with Gasteiger partial charge in [0.15, 0.2) is 5.13 Å². The lowest BCUT2D eigenvalue weighted by molar-refractivity contribution is 0.0928. The molecule has 1 aromatic heterocycles. The fourth-order valence-corrected chi connectivity index (χ4v) is 2.28. The number of carbonyl (C=O) groups is 1. The fourth-order valence-electron chi connectivity index (χ4n) is 1.74. The van der Waals surface area contributed by atoms with Crippen LogP contribution in [0.15, 0.2) is 5.38 Å². The third kappa shape index (κ3) is 4.73. The lowest BCUT2D eigenvalue weighted by Gasteiger charge is -2.16. The van der Waals surface area contributed by atoms with Crippen molar-refractivity contribution < 1.29 is 4.79 Å². The molecule has 3 N–H and O–H groups in total. The quantitative estimate of drug-likeness (QED) is 0.787. The summed E-state index contributed by atoms with van der Waals surface area (Å²) in [6, 6.07) is 0.260. The van der Waals surface area contributed by atoms with E-state index in [1.807, 2.05) is 0 Å². The molecular formula is C12H21N3OS. The minimum Gasteiger partial charge on any atom is -0.375 e. The summed E-state index contributed by atoms with van der Waals surface area (Å²) in [7, 11) is 0. The summed E-state index contributed by atoms with van der Waals surface area (Å²) in [5.41, 5.74) is 5.95. The molecule has 1 heterocycles. The predicted octanol–water partition coefficient (Wildman–Crippen LogP) is 2.81. The molecule has 0 fully saturated rings. The smallest absolute Gasteiger partial charge is 0.271 e. The zero-order valence-corrected chi connectivity index (χ0v) is 11.3. The number of hydrogen-bond donors (Lipinski definition) is 2. The Morgan fingerprint density at radius 3 is 2.76 bits per heavy atom. The van der Waals surface area contributed by atoms with E-state index < -0.39 is 0 Å². The van der Waals surface area contributed by atoms with Gasteiger partial charge in [0.2, 0.25) is 0 Å². The molecule has 0 aromatic carbocycles. The predicted molar refractivity (Wildman–Crippen MR) is 72.2 cm³/mol. The van der Waals surface area contributed by atoms with E-state index in [1.54, 1.807) is 5.38 Å². The standard InChI is InChI=1S/C12H21N3OS/c1-3-5-7-9(6-4-2)14-11(16)10-8-17-12(13)15-10/h8-9H,3-7H2,1-2H3,(H2,13,15)(H,14,16). The maximum absolute atomic E-state index is 11.9. The van der Waals surface area contributed by atoms with Crippen molar-refractivity contribution in [3.63, 3.8) is 0 Å². The highest BCUT2D eigenvalue weighted by atomic mass is 32.1. The molecule has 0 spiro atoms. The summed E-state index contributed by atoms with van der Waals surface area (Å²) >= 11 is 1.30. The van der Waals surface area contributed by atoms with Gasteiger partial charge >= 0.3 is 0 Å². The van der Waals surface area contributed by atoms with E-state index in [2.05, 4.69) is 24.1 Å². The zero-order valence-electron chi connectivity index (χ0n) is 10.5. The second-order valence-corrected chi connectivity index (χ2v) is 5.06. The largest absolute Gasteiger partial charge is 0.375 e. The summed E-state index contributed by atoms with van der Waals surface area (Å²) in [4.78, 5) is 15.9. The van der Waals surface area contributed by atoms with Crippen molar-refractivity contribution in [1.29, 1.82) is 0 Å². The Morgan fingerprint density at radius 2 is 2.24 bits per heavy atom. The third-order valence-corrected chi connectivity index (χ3v) is 3.31. The van der Waals surface area contributed by atoms with Gasteiger partial charge in [-0.3, -0.25) is 4.79 Å². The molecule has 1 amide bonds. The number of nitrogens with two attached hydrogens (primary N) is 1. The average molecular weight is 255 g/mol. The van der Waals surface area contributed by atoms with Gasteiger partial charge in [0, 0.05) is 11.4 Å². The first-order chi connectivity index (χ1) is 8.17. The molecule has 0 saturated heterocycles. The number of nitrogens with one attached hydrogen (secondary N) is 1. The van der Waals surface area contributed by atoms with Crippen molar-refractivity contribution in [2.45, 2.75) is 52.0 Å². The molecule has 0 radical (unpaired) electrons. The summed E-state index contributed by atoms with van der Waals surface area (Å²) in [6.07, 6.45) is 5.43. The number of nitrogens with zero attached hydrogens (tertiary/aromatic N) is 1. The maximum atomic E-state index is 11.9. The maximum Gasteiger partial charge on any atom is 0.271 e. The van der Waals surface area contributed by atoms with Crippen LogP contribution in [0.4, 0.5) is 5.13 Å². The average Bonchev–Trinajstić information content (AvgIpc) is 2.73. The molecule has 5 heteroatoms. The lowest BCUT2D eigenvalue weighted by Crippen LogP contribution is -2.34. The second-order valence-electron chi connectivity index (χ2n) is 4.17. The van der Waals surface area contributed by atoms with Crippen LogP contribution in [0.25, 0.3) is 0 Å². The number of amides is 1. The molecule has 1 atom stereocenters. The number of anilines is 1. The van der Waals surface area contributed by atoms with Gasteiger partial charge in [-0.2, -0.15) is 0 Å². The molecule has 96 valence electrons. The van der Waals surface area contributed by atoms with E-state index in [0.29, 0.717) is 10.8 Å². The van der Waals surface area contributed by atoms with Gasteiger partial charge in [-0.15, -0.1) is 11.3 Å². The molecular weight excluding hydrogens is 234 g/mol. The minimum absolute atomic E-state index is 0.104. The minimum atomic E-state index is -0.104. The van der Waals surface area contributed by atoms with Gasteiger partial charge in [0.25, 0.3) is 5.91 Å². The molecule has 1 rings (SSSR count). The zero-order chi connectivity index (χ0) is 12.7. The molecule has 17 heavy (non-hydrogen) atoms. The molecule has 1 unspecified atom stereocenters. The first-order valence-corrected chi connectivity index (χ1v) is 7.07. The highest BCUT2D eigenvalue weighted by molar-refractivity contribution is 7.13. The van der Waals surface area contributed by atoms with Crippen LogP contribution in [-0.2, 0) is 0 Å². The Morgan fingerprint density at radius 1 is 1.47 bits per heavy atom. The number of unbranched alkanes of at least 4 members (excludes halogenated alkanes) is 1. The van der Waals surface area contributed by atoms with E-state index in [0.717, 1.165) is 32.1 Å². The SMILES string of the molecule is CCCCC(CCC)NC(=O)c1csc(N)n1. The topological polar surface area (TPSA) is 68.0 Å². The molecule has 1 aromatic rings. The number of carbonyl (C=O) groups excluding carboxylic acids is 1. The first-order valence-electron chi connectivity index (χ1n) is 6.19. The van der Waals surface area contributed by atoms with Crippen LogP contribution >= 0.6 is 11.3 Å². The van der Waals surface area contributed by atoms with Crippen LogP contribution < -0.4 is 11.1 Å². The Kier molecular flexibility index (Phi) is 5.97. The highest BCUT2D eigenvalue weighted by Gasteiger charge is 2.14. The van der Waals surface area contributed by atoms with Crippen LogP contribution in [0.2, 0.25) is 0 Å². The van der Waals surface area contributed by atoms with E-state index in [4.69, 9.17) is 5.73 Å². The molecule has 4 nitrogen and oxygen atoms in total. The van der Waals surface area contributed by atoms with Crippen LogP contribution in [0.1, 0.15) is 56.4 Å². The van der Waals surface area contributed by atoms with Gasteiger partial charge in [-0.05, 0) is 12.8 Å².